The Hall–Kier alpha value is -2.39. The van der Waals surface area contributed by atoms with Gasteiger partial charge in [0, 0.05) is 25.2 Å². The highest BCUT2D eigenvalue weighted by atomic mass is 16.2. The van der Waals surface area contributed by atoms with Gasteiger partial charge in [0.2, 0.25) is 0 Å². The third-order valence-corrected chi connectivity index (χ3v) is 5.02. The molecule has 0 unspecified atom stereocenters. The quantitative estimate of drug-likeness (QED) is 0.670. The van der Waals surface area contributed by atoms with E-state index < -0.39 is 0 Å². The van der Waals surface area contributed by atoms with Crippen LogP contribution in [0, 0.1) is 0 Å². The first-order chi connectivity index (χ1) is 13.3. The van der Waals surface area contributed by atoms with Crippen molar-refractivity contribution in [2.24, 2.45) is 0 Å². The van der Waals surface area contributed by atoms with Gasteiger partial charge < -0.3 is 4.90 Å². The van der Waals surface area contributed by atoms with Crippen LogP contribution in [0.5, 0.6) is 0 Å². The SMILES string of the molecule is CCCN(CC=Cc1ccccc1)C(=O)c1ccc(CN2CCCC2)cc1. The molecule has 1 aliphatic heterocycles. The first-order valence-corrected chi connectivity index (χ1v) is 10.1. The molecular weight excluding hydrogens is 332 g/mol. The summed E-state index contributed by atoms with van der Waals surface area (Å²) < 4.78 is 0. The predicted molar refractivity (Wildman–Crippen MR) is 113 cm³/mol. The van der Waals surface area contributed by atoms with Gasteiger partial charge in [-0.3, -0.25) is 9.69 Å². The summed E-state index contributed by atoms with van der Waals surface area (Å²) in [6, 6.07) is 18.4. The van der Waals surface area contributed by atoms with Crippen molar-refractivity contribution in [3.05, 3.63) is 77.4 Å². The molecule has 0 radical (unpaired) electrons. The molecule has 3 heteroatoms. The highest BCUT2D eigenvalue weighted by Gasteiger charge is 2.15. The Labute approximate surface area is 163 Å². The zero-order valence-electron chi connectivity index (χ0n) is 16.3. The van der Waals surface area contributed by atoms with E-state index in [0.717, 1.165) is 30.6 Å². The standard InChI is InChI=1S/C24H30N2O/c1-2-16-26(19-8-11-21-9-4-3-5-10-21)24(27)23-14-12-22(13-15-23)20-25-17-6-7-18-25/h3-5,8-15H,2,6-7,16-20H2,1H3. The number of likely N-dealkylation sites (tertiary alicyclic amines) is 1. The number of nitrogens with zero attached hydrogens (tertiary/aromatic N) is 2. The summed E-state index contributed by atoms with van der Waals surface area (Å²) >= 11 is 0. The number of benzene rings is 2. The molecule has 27 heavy (non-hydrogen) atoms. The van der Waals surface area contributed by atoms with Crippen molar-refractivity contribution < 1.29 is 4.79 Å². The van der Waals surface area contributed by atoms with E-state index in [1.165, 1.54) is 31.5 Å². The second kappa shape index (κ2) is 10.1. The Morgan fingerprint density at radius 3 is 2.41 bits per heavy atom. The number of carbonyl (C=O) groups excluding carboxylic acids is 1. The molecule has 0 aliphatic carbocycles. The summed E-state index contributed by atoms with van der Waals surface area (Å²) in [6.07, 6.45) is 7.72. The fourth-order valence-corrected chi connectivity index (χ4v) is 3.56. The fraction of sp³-hybridized carbons (Fsp3) is 0.375. The predicted octanol–water partition coefficient (Wildman–Crippen LogP) is 4.85. The molecule has 0 bridgehead atoms. The summed E-state index contributed by atoms with van der Waals surface area (Å²) in [5, 5.41) is 0. The third kappa shape index (κ3) is 5.80. The van der Waals surface area contributed by atoms with Crippen LogP contribution in [0.15, 0.2) is 60.7 Å². The molecule has 3 rings (SSSR count). The lowest BCUT2D eigenvalue weighted by Gasteiger charge is -2.21. The van der Waals surface area contributed by atoms with E-state index >= 15 is 0 Å². The van der Waals surface area contributed by atoms with Crippen molar-refractivity contribution in [3.63, 3.8) is 0 Å². The first kappa shape index (κ1) is 19.4. The first-order valence-electron chi connectivity index (χ1n) is 10.1. The molecule has 142 valence electrons. The smallest absolute Gasteiger partial charge is 0.254 e. The van der Waals surface area contributed by atoms with Gasteiger partial charge in [0.05, 0.1) is 0 Å². The molecule has 3 nitrogen and oxygen atoms in total. The van der Waals surface area contributed by atoms with Gasteiger partial charge in [-0.25, -0.2) is 0 Å². The molecule has 0 saturated carbocycles. The summed E-state index contributed by atoms with van der Waals surface area (Å²) in [5.41, 5.74) is 3.23. The van der Waals surface area contributed by atoms with Crippen LogP contribution in [0.3, 0.4) is 0 Å². The van der Waals surface area contributed by atoms with Crippen LogP contribution in [0.1, 0.15) is 47.7 Å². The van der Waals surface area contributed by atoms with Gasteiger partial charge in [-0.2, -0.15) is 0 Å². The molecular formula is C24H30N2O. The fourth-order valence-electron chi connectivity index (χ4n) is 3.56. The van der Waals surface area contributed by atoms with E-state index in [2.05, 4.69) is 48.2 Å². The molecule has 0 atom stereocenters. The lowest BCUT2D eigenvalue weighted by atomic mass is 10.1. The molecule has 2 aromatic rings. The summed E-state index contributed by atoms with van der Waals surface area (Å²) in [4.78, 5) is 17.3. The topological polar surface area (TPSA) is 23.6 Å². The molecule has 1 aliphatic rings. The van der Waals surface area contributed by atoms with Crippen molar-refractivity contribution in [1.82, 2.24) is 9.80 Å². The van der Waals surface area contributed by atoms with Gasteiger partial charge in [0.1, 0.15) is 0 Å². The number of hydrogen-bond donors (Lipinski definition) is 0. The van der Waals surface area contributed by atoms with E-state index in [1.807, 2.05) is 35.2 Å². The van der Waals surface area contributed by atoms with Crippen LogP contribution in [0.25, 0.3) is 6.08 Å². The van der Waals surface area contributed by atoms with Crippen molar-refractivity contribution in [2.45, 2.75) is 32.7 Å². The zero-order chi connectivity index (χ0) is 18.9. The Kier molecular flexibility index (Phi) is 7.23. The third-order valence-electron chi connectivity index (χ3n) is 5.02. The number of hydrogen-bond acceptors (Lipinski definition) is 2. The van der Waals surface area contributed by atoms with Crippen LogP contribution in [0.4, 0.5) is 0 Å². The minimum atomic E-state index is 0.113. The lowest BCUT2D eigenvalue weighted by molar-refractivity contribution is 0.0774. The van der Waals surface area contributed by atoms with Gasteiger partial charge in [0.25, 0.3) is 5.91 Å². The summed E-state index contributed by atoms with van der Waals surface area (Å²) in [6.45, 7) is 6.90. The monoisotopic (exact) mass is 362 g/mol. The van der Waals surface area contributed by atoms with Crippen LogP contribution in [-0.2, 0) is 6.54 Å². The van der Waals surface area contributed by atoms with Crippen LogP contribution < -0.4 is 0 Å². The second-order valence-electron chi connectivity index (χ2n) is 7.24. The normalized spacial score (nSPS) is 14.7. The van der Waals surface area contributed by atoms with Crippen LogP contribution >= 0.6 is 0 Å². The molecule has 0 aromatic heterocycles. The minimum absolute atomic E-state index is 0.113. The highest BCUT2D eigenvalue weighted by Crippen LogP contribution is 2.14. The van der Waals surface area contributed by atoms with Gasteiger partial charge in [-0.1, -0.05) is 61.5 Å². The van der Waals surface area contributed by atoms with Gasteiger partial charge in [0.15, 0.2) is 0 Å². The Morgan fingerprint density at radius 1 is 1.04 bits per heavy atom. The van der Waals surface area contributed by atoms with Crippen LogP contribution in [0.2, 0.25) is 0 Å². The molecule has 0 spiro atoms. The molecule has 0 N–H and O–H groups in total. The summed E-state index contributed by atoms with van der Waals surface area (Å²) in [5.74, 6) is 0.113. The van der Waals surface area contributed by atoms with Gasteiger partial charge in [-0.05, 0) is 55.6 Å². The molecule has 1 amide bonds. The van der Waals surface area contributed by atoms with E-state index in [-0.39, 0.29) is 5.91 Å². The van der Waals surface area contributed by atoms with Crippen LogP contribution in [-0.4, -0.2) is 41.9 Å². The van der Waals surface area contributed by atoms with E-state index in [9.17, 15) is 4.79 Å². The maximum Gasteiger partial charge on any atom is 0.254 e. The molecule has 1 heterocycles. The Morgan fingerprint density at radius 2 is 1.74 bits per heavy atom. The molecule has 1 saturated heterocycles. The van der Waals surface area contributed by atoms with Crippen molar-refractivity contribution in [2.75, 3.05) is 26.2 Å². The van der Waals surface area contributed by atoms with Crippen molar-refractivity contribution in [1.29, 1.82) is 0 Å². The van der Waals surface area contributed by atoms with E-state index in [0.29, 0.717) is 6.54 Å². The largest absolute Gasteiger partial charge is 0.335 e. The molecule has 1 fully saturated rings. The average Bonchev–Trinajstić information content (AvgIpc) is 3.21. The number of carbonyl (C=O) groups is 1. The maximum absolute atomic E-state index is 12.9. The van der Waals surface area contributed by atoms with Crippen molar-refractivity contribution >= 4 is 12.0 Å². The highest BCUT2D eigenvalue weighted by molar-refractivity contribution is 5.94. The average molecular weight is 363 g/mol. The Bertz CT molecular complexity index is 731. The second-order valence-corrected chi connectivity index (χ2v) is 7.24. The maximum atomic E-state index is 12.9. The Balaban J connectivity index is 1.60. The van der Waals surface area contributed by atoms with E-state index in [1.54, 1.807) is 0 Å². The van der Waals surface area contributed by atoms with Gasteiger partial charge >= 0.3 is 0 Å². The summed E-state index contributed by atoms with van der Waals surface area (Å²) in [7, 11) is 0. The molecule has 2 aromatic carbocycles. The minimum Gasteiger partial charge on any atom is -0.335 e. The van der Waals surface area contributed by atoms with E-state index in [4.69, 9.17) is 0 Å². The van der Waals surface area contributed by atoms with Crippen molar-refractivity contribution in [3.8, 4) is 0 Å². The number of amides is 1. The zero-order valence-corrected chi connectivity index (χ0v) is 16.3. The lowest BCUT2D eigenvalue weighted by Crippen LogP contribution is -2.32. The van der Waals surface area contributed by atoms with Gasteiger partial charge in [-0.15, -0.1) is 0 Å². The number of rotatable bonds is 8.